The first-order valence-electron chi connectivity index (χ1n) is 12.9. The van der Waals surface area contributed by atoms with Crippen LogP contribution in [0, 0.1) is 10.1 Å². The first-order chi connectivity index (χ1) is 19.1. The highest BCUT2D eigenvalue weighted by atomic mass is 16.6. The lowest BCUT2D eigenvalue weighted by atomic mass is 9.90. The molecule has 1 N–H and O–H groups in total. The highest BCUT2D eigenvalue weighted by molar-refractivity contribution is 6.24. The summed E-state index contributed by atoms with van der Waals surface area (Å²) in [5, 5.41) is 14.3. The summed E-state index contributed by atoms with van der Waals surface area (Å²) >= 11 is 0. The normalized spacial score (nSPS) is 16.8. The molecule has 2 amide bonds. The quantitative estimate of drug-likeness (QED) is 0.246. The summed E-state index contributed by atoms with van der Waals surface area (Å²) in [6.45, 7) is 6.44. The van der Waals surface area contributed by atoms with Crippen LogP contribution >= 0.6 is 0 Å². The summed E-state index contributed by atoms with van der Waals surface area (Å²) in [7, 11) is 0. The number of aliphatic imine (C=N–C) groups is 2. The summed E-state index contributed by atoms with van der Waals surface area (Å²) in [6.07, 6.45) is -0.0216. The third-order valence-corrected chi connectivity index (χ3v) is 6.49. The Morgan fingerprint density at radius 2 is 1.90 bits per heavy atom. The van der Waals surface area contributed by atoms with Gasteiger partial charge in [-0.25, -0.2) is 4.79 Å². The molecule has 3 aromatic rings. The number of nitrogens with zero attached hydrogens (tertiary/aromatic N) is 4. The van der Waals surface area contributed by atoms with Gasteiger partial charge >= 0.3 is 6.09 Å². The average molecular weight is 540 g/mol. The zero-order chi connectivity index (χ0) is 28.4. The van der Waals surface area contributed by atoms with Gasteiger partial charge in [0.05, 0.1) is 29.4 Å². The van der Waals surface area contributed by atoms with E-state index in [0.29, 0.717) is 48.0 Å². The Kier molecular flexibility index (Phi) is 7.17. The van der Waals surface area contributed by atoms with Gasteiger partial charge in [0, 0.05) is 29.8 Å². The van der Waals surface area contributed by atoms with Crippen molar-refractivity contribution in [3.05, 3.63) is 99.6 Å². The van der Waals surface area contributed by atoms with E-state index in [1.807, 2.05) is 75.4 Å². The molecule has 204 valence electrons. The van der Waals surface area contributed by atoms with E-state index in [4.69, 9.17) is 9.73 Å². The van der Waals surface area contributed by atoms with Gasteiger partial charge in [-0.15, -0.1) is 0 Å². The largest absolute Gasteiger partial charge is 0.443 e. The minimum absolute atomic E-state index is 0.0958. The summed E-state index contributed by atoms with van der Waals surface area (Å²) in [6, 6.07) is 21.1. The minimum atomic E-state index is -0.831. The van der Waals surface area contributed by atoms with Gasteiger partial charge in [0.15, 0.2) is 0 Å². The predicted molar refractivity (Wildman–Crippen MR) is 152 cm³/mol. The second-order valence-electron chi connectivity index (χ2n) is 10.6. The lowest BCUT2D eigenvalue weighted by molar-refractivity contribution is -0.384. The van der Waals surface area contributed by atoms with E-state index in [9.17, 15) is 19.7 Å². The van der Waals surface area contributed by atoms with Crippen LogP contribution in [0.2, 0.25) is 0 Å². The average Bonchev–Trinajstić information content (AvgIpc) is 3.50. The number of carbonyl (C=O) groups excluding carboxylic acids is 2. The maximum absolute atomic E-state index is 13.2. The van der Waals surface area contributed by atoms with E-state index in [1.165, 1.54) is 12.1 Å². The third-order valence-electron chi connectivity index (χ3n) is 6.49. The van der Waals surface area contributed by atoms with E-state index >= 15 is 0 Å². The van der Waals surface area contributed by atoms with Crippen molar-refractivity contribution in [2.45, 2.75) is 38.7 Å². The number of amidine groups is 1. The Labute approximate surface area is 231 Å². The van der Waals surface area contributed by atoms with Crippen molar-refractivity contribution in [3.63, 3.8) is 0 Å². The van der Waals surface area contributed by atoms with Gasteiger partial charge in [-0.05, 0) is 50.1 Å². The van der Waals surface area contributed by atoms with Gasteiger partial charge in [0.1, 0.15) is 17.4 Å². The van der Waals surface area contributed by atoms with Crippen LogP contribution in [0.1, 0.15) is 43.4 Å². The summed E-state index contributed by atoms with van der Waals surface area (Å²) in [5.74, 6) is -0.513. The highest BCUT2D eigenvalue weighted by Gasteiger charge is 2.36. The molecular weight excluding hydrogens is 510 g/mol. The molecule has 40 heavy (non-hydrogen) atoms. The van der Waals surface area contributed by atoms with E-state index < -0.39 is 22.5 Å². The molecule has 2 aliphatic heterocycles. The molecule has 0 aliphatic carbocycles. The predicted octanol–water partition coefficient (Wildman–Crippen LogP) is 5.64. The second kappa shape index (κ2) is 10.7. The van der Waals surface area contributed by atoms with Crippen molar-refractivity contribution in [2.24, 2.45) is 9.98 Å². The van der Waals surface area contributed by atoms with Crippen LogP contribution < -0.4 is 5.32 Å². The fourth-order valence-electron chi connectivity index (χ4n) is 4.75. The maximum atomic E-state index is 13.2. The van der Waals surface area contributed by atoms with Crippen LogP contribution in [0.15, 0.2) is 82.8 Å². The molecule has 10 nitrogen and oxygen atoms in total. The van der Waals surface area contributed by atoms with E-state index in [0.717, 1.165) is 11.1 Å². The number of rotatable bonds is 6. The Hall–Kier alpha value is -4.86. The zero-order valence-corrected chi connectivity index (χ0v) is 22.5. The van der Waals surface area contributed by atoms with Crippen molar-refractivity contribution >= 4 is 40.6 Å². The third kappa shape index (κ3) is 5.75. The number of anilines is 1. The molecule has 0 aromatic heterocycles. The van der Waals surface area contributed by atoms with Gasteiger partial charge in [-0.3, -0.25) is 29.8 Å². The van der Waals surface area contributed by atoms with Crippen molar-refractivity contribution in [2.75, 3.05) is 18.4 Å². The van der Waals surface area contributed by atoms with Gasteiger partial charge < -0.3 is 10.1 Å². The molecule has 2 aliphatic rings. The van der Waals surface area contributed by atoms with Crippen LogP contribution in [0.25, 0.3) is 0 Å². The molecule has 10 heteroatoms. The second-order valence-corrected chi connectivity index (χ2v) is 10.6. The number of nitro benzene ring substituents is 1. The molecule has 0 fully saturated rings. The molecule has 3 aromatic carbocycles. The number of benzene rings is 3. The Balaban J connectivity index is 1.49. The number of nitrogens with one attached hydrogen (secondary N) is 1. The topological polar surface area (TPSA) is 126 Å². The minimum Gasteiger partial charge on any atom is -0.443 e. The van der Waals surface area contributed by atoms with Crippen molar-refractivity contribution < 1.29 is 19.2 Å². The lowest BCUT2D eigenvalue weighted by Crippen LogP contribution is -2.39. The number of non-ortho nitro benzene ring substituents is 1. The smallest absolute Gasteiger partial charge is 0.415 e. The summed E-state index contributed by atoms with van der Waals surface area (Å²) in [5.41, 5.74) is 3.01. The molecule has 0 spiro atoms. The number of amides is 2. The molecule has 5 rings (SSSR count). The molecule has 0 saturated heterocycles. The van der Waals surface area contributed by atoms with E-state index in [1.54, 1.807) is 11.0 Å². The Morgan fingerprint density at radius 1 is 1.12 bits per heavy atom. The molecular formula is C30H29N5O5. The van der Waals surface area contributed by atoms with Crippen LogP contribution in [-0.2, 0) is 16.0 Å². The summed E-state index contributed by atoms with van der Waals surface area (Å²) in [4.78, 5) is 47.9. The first kappa shape index (κ1) is 26.7. The van der Waals surface area contributed by atoms with Gasteiger partial charge in [0.2, 0.25) is 5.91 Å². The molecule has 0 bridgehead atoms. The SMILES string of the molecule is CC(C)(C)OC(=O)N1CCN=C1Cc1cccc(N=C(c2ccccc2)C2C(=O)Nc3ccc([N+](=O)[O-])cc32)c1. The molecule has 2 heterocycles. The van der Waals surface area contributed by atoms with Gasteiger partial charge in [-0.2, -0.15) is 0 Å². The molecule has 1 atom stereocenters. The van der Waals surface area contributed by atoms with Crippen molar-refractivity contribution in [3.8, 4) is 0 Å². The maximum Gasteiger partial charge on any atom is 0.415 e. The lowest BCUT2D eigenvalue weighted by Gasteiger charge is -2.25. The number of hydrogen-bond donors (Lipinski definition) is 1. The zero-order valence-electron chi connectivity index (χ0n) is 22.5. The van der Waals surface area contributed by atoms with Gasteiger partial charge in [-0.1, -0.05) is 42.5 Å². The van der Waals surface area contributed by atoms with E-state index in [2.05, 4.69) is 10.3 Å². The Morgan fingerprint density at radius 3 is 2.62 bits per heavy atom. The van der Waals surface area contributed by atoms with Crippen molar-refractivity contribution in [1.82, 2.24) is 4.90 Å². The summed E-state index contributed by atoms with van der Waals surface area (Å²) < 4.78 is 5.54. The fraction of sp³-hybridized carbons (Fsp3) is 0.267. The van der Waals surface area contributed by atoms with E-state index in [-0.39, 0.29) is 11.6 Å². The number of carbonyl (C=O) groups is 2. The van der Waals surface area contributed by atoms with Crippen LogP contribution in [0.5, 0.6) is 0 Å². The highest BCUT2D eigenvalue weighted by Crippen LogP contribution is 2.38. The molecule has 0 radical (unpaired) electrons. The molecule has 0 saturated carbocycles. The number of ether oxygens (including phenoxy) is 1. The fourth-order valence-corrected chi connectivity index (χ4v) is 4.75. The number of nitro groups is 1. The Bertz CT molecular complexity index is 1540. The standard InChI is InChI=1S/C30H29N5O5/c1-30(2,3)40-29(37)34-15-14-31-25(34)17-19-8-7-11-21(16-19)32-27(20-9-5-4-6-10-20)26-23-18-22(35(38)39)12-13-24(23)33-28(26)36/h4-13,16,18,26H,14-15,17H2,1-3H3,(H,33,36). The van der Waals surface area contributed by atoms with Crippen LogP contribution in [0.4, 0.5) is 21.9 Å². The monoisotopic (exact) mass is 539 g/mol. The van der Waals surface area contributed by atoms with Gasteiger partial charge in [0.25, 0.3) is 5.69 Å². The number of fused-ring (bicyclic) bond motifs is 1. The first-order valence-corrected chi connectivity index (χ1v) is 12.9. The number of hydrogen-bond acceptors (Lipinski definition) is 7. The van der Waals surface area contributed by atoms with Crippen LogP contribution in [-0.4, -0.2) is 52.1 Å². The van der Waals surface area contributed by atoms with Crippen LogP contribution in [0.3, 0.4) is 0 Å². The van der Waals surface area contributed by atoms with Crippen molar-refractivity contribution in [1.29, 1.82) is 0 Å². The molecule has 1 unspecified atom stereocenters.